The van der Waals surface area contributed by atoms with Crippen molar-refractivity contribution in [3.05, 3.63) is 77.0 Å². The molecule has 0 aliphatic carbocycles. The topological polar surface area (TPSA) is 63.2 Å². The van der Waals surface area contributed by atoms with E-state index < -0.39 is 5.82 Å². The van der Waals surface area contributed by atoms with Crippen LogP contribution in [0.3, 0.4) is 0 Å². The van der Waals surface area contributed by atoms with E-state index in [9.17, 15) is 14.0 Å². The fourth-order valence-corrected chi connectivity index (χ4v) is 3.47. The van der Waals surface area contributed by atoms with Gasteiger partial charge in [-0.1, -0.05) is 19.1 Å². The number of anilines is 1. The number of aryl methyl sites for hydroxylation is 2. The van der Waals surface area contributed by atoms with Gasteiger partial charge in [0.05, 0.1) is 11.4 Å². The zero-order valence-electron chi connectivity index (χ0n) is 18.3. The van der Waals surface area contributed by atoms with Gasteiger partial charge in [0.15, 0.2) is 5.78 Å². The first-order valence-electron chi connectivity index (χ1n) is 10.3. The smallest absolute Gasteiger partial charge is 0.226 e. The number of rotatable bonds is 7. The van der Waals surface area contributed by atoms with Crippen molar-refractivity contribution in [2.45, 2.75) is 40.0 Å². The number of Topliss-reactive ketones (excluding diaryl/α,β-unsaturated/α-hetero) is 1. The van der Waals surface area contributed by atoms with Crippen LogP contribution in [0.25, 0.3) is 11.3 Å². The zero-order chi connectivity index (χ0) is 22.5. The first-order chi connectivity index (χ1) is 14.8. The summed E-state index contributed by atoms with van der Waals surface area (Å²) in [5.41, 5.74) is 4.36. The second-order valence-corrected chi connectivity index (χ2v) is 7.48. The van der Waals surface area contributed by atoms with Crippen LogP contribution in [0.5, 0.6) is 0 Å². The van der Waals surface area contributed by atoms with Gasteiger partial charge < -0.3 is 4.90 Å². The molecule has 160 valence electrons. The van der Waals surface area contributed by atoms with Crippen molar-refractivity contribution in [3.63, 3.8) is 0 Å². The molecule has 0 saturated carbocycles. The summed E-state index contributed by atoms with van der Waals surface area (Å²) in [6, 6.07) is 10.6. The fourth-order valence-electron chi connectivity index (χ4n) is 3.47. The van der Waals surface area contributed by atoms with Gasteiger partial charge in [-0.05, 0) is 55.7 Å². The molecule has 2 aromatic heterocycles. The number of carbonyl (C=O) groups is 2. The molecule has 3 rings (SSSR count). The number of halogens is 1. The number of aromatic nitrogens is 2. The van der Waals surface area contributed by atoms with Gasteiger partial charge in [-0.15, -0.1) is 0 Å². The van der Waals surface area contributed by atoms with Crippen LogP contribution in [0.1, 0.15) is 46.9 Å². The molecule has 0 spiro atoms. The molecule has 0 saturated heterocycles. The number of ketones is 1. The largest absolute Gasteiger partial charge is 0.313 e. The molecule has 5 nitrogen and oxygen atoms in total. The summed E-state index contributed by atoms with van der Waals surface area (Å²) in [7, 11) is 1.56. The highest BCUT2D eigenvalue weighted by Crippen LogP contribution is 2.30. The maximum atomic E-state index is 14.9. The van der Waals surface area contributed by atoms with Gasteiger partial charge >= 0.3 is 0 Å². The standard InChI is InChI=1S/C25H26FN3O2/c1-5-24(31)29(4)22-12-10-20(16(2)25(22)26)21-11-8-19(15-28-21)23(30)13-9-18-7-6-14-27-17(18)3/h6-8,10-12,14-15H,5,9,13H2,1-4H3. The average Bonchev–Trinajstić information content (AvgIpc) is 2.79. The van der Waals surface area contributed by atoms with Crippen molar-refractivity contribution < 1.29 is 14.0 Å². The number of nitrogens with zero attached hydrogens (tertiary/aromatic N) is 3. The van der Waals surface area contributed by atoms with Crippen LogP contribution in [-0.2, 0) is 11.2 Å². The lowest BCUT2D eigenvalue weighted by atomic mass is 10.0. The molecular weight excluding hydrogens is 393 g/mol. The number of carbonyl (C=O) groups excluding carboxylic acids is 2. The van der Waals surface area contributed by atoms with E-state index in [0.29, 0.717) is 41.6 Å². The van der Waals surface area contributed by atoms with Gasteiger partial charge in [-0.3, -0.25) is 19.6 Å². The molecule has 0 unspecified atom stereocenters. The lowest BCUT2D eigenvalue weighted by Gasteiger charge is -2.19. The third-order valence-electron chi connectivity index (χ3n) is 5.50. The van der Waals surface area contributed by atoms with Crippen LogP contribution in [-0.4, -0.2) is 28.7 Å². The van der Waals surface area contributed by atoms with Crippen LogP contribution >= 0.6 is 0 Å². The number of amides is 1. The average molecular weight is 420 g/mol. The normalized spacial score (nSPS) is 10.7. The Morgan fingerprint density at radius 2 is 1.84 bits per heavy atom. The summed E-state index contributed by atoms with van der Waals surface area (Å²) in [4.78, 5) is 34.4. The minimum atomic E-state index is -0.449. The highest BCUT2D eigenvalue weighted by atomic mass is 19.1. The second-order valence-electron chi connectivity index (χ2n) is 7.48. The molecule has 0 radical (unpaired) electrons. The van der Waals surface area contributed by atoms with Crippen molar-refractivity contribution in [3.8, 4) is 11.3 Å². The monoisotopic (exact) mass is 419 g/mol. The molecule has 0 fully saturated rings. The fraction of sp³-hybridized carbons (Fsp3) is 0.280. The van der Waals surface area contributed by atoms with Gasteiger partial charge in [0.2, 0.25) is 5.91 Å². The van der Waals surface area contributed by atoms with Crippen LogP contribution in [0.15, 0.2) is 48.8 Å². The Hall–Kier alpha value is -3.41. The Labute approximate surface area is 182 Å². The molecule has 2 heterocycles. The molecule has 0 aliphatic heterocycles. The van der Waals surface area contributed by atoms with Crippen molar-refractivity contribution in [2.24, 2.45) is 0 Å². The third kappa shape index (κ3) is 4.85. The highest BCUT2D eigenvalue weighted by Gasteiger charge is 2.18. The molecule has 0 N–H and O–H groups in total. The first-order valence-corrected chi connectivity index (χ1v) is 10.3. The van der Waals surface area contributed by atoms with E-state index in [-0.39, 0.29) is 17.4 Å². The quantitative estimate of drug-likeness (QED) is 0.501. The molecule has 0 atom stereocenters. The van der Waals surface area contributed by atoms with Crippen LogP contribution < -0.4 is 4.90 Å². The lowest BCUT2D eigenvalue weighted by molar-refractivity contribution is -0.118. The van der Waals surface area contributed by atoms with Gasteiger partial charge in [0.1, 0.15) is 5.82 Å². The summed E-state index contributed by atoms with van der Waals surface area (Å²) in [5, 5.41) is 0. The Bertz CT molecular complexity index is 1110. The van der Waals surface area contributed by atoms with E-state index >= 15 is 0 Å². The minimum absolute atomic E-state index is 0.000237. The summed E-state index contributed by atoms with van der Waals surface area (Å²) < 4.78 is 14.9. The molecule has 6 heteroatoms. The Kier molecular flexibility index (Phi) is 6.90. The van der Waals surface area contributed by atoms with Gasteiger partial charge in [0.25, 0.3) is 0 Å². The Morgan fingerprint density at radius 3 is 2.48 bits per heavy atom. The predicted octanol–water partition coefficient (Wildman–Crippen LogP) is 5.09. The first kappa shape index (κ1) is 22.3. The van der Waals surface area contributed by atoms with E-state index in [1.165, 1.54) is 11.1 Å². The van der Waals surface area contributed by atoms with Crippen molar-refractivity contribution in [1.82, 2.24) is 9.97 Å². The summed E-state index contributed by atoms with van der Waals surface area (Å²) in [5.74, 6) is -0.607. The third-order valence-corrected chi connectivity index (χ3v) is 5.50. The van der Waals surface area contributed by atoms with Gasteiger partial charge in [0, 0.05) is 49.1 Å². The zero-order valence-corrected chi connectivity index (χ0v) is 18.3. The van der Waals surface area contributed by atoms with E-state index in [0.717, 1.165) is 11.3 Å². The van der Waals surface area contributed by atoms with Crippen molar-refractivity contribution >= 4 is 17.4 Å². The van der Waals surface area contributed by atoms with Crippen LogP contribution in [0, 0.1) is 19.7 Å². The lowest BCUT2D eigenvalue weighted by Crippen LogP contribution is -2.26. The number of hydrogen-bond donors (Lipinski definition) is 0. The van der Waals surface area contributed by atoms with Crippen LogP contribution in [0.2, 0.25) is 0 Å². The molecule has 0 aliphatic rings. The Balaban J connectivity index is 1.76. The molecule has 3 aromatic rings. The van der Waals surface area contributed by atoms with E-state index in [1.807, 2.05) is 19.1 Å². The predicted molar refractivity (Wildman–Crippen MR) is 120 cm³/mol. The summed E-state index contributed by atoms with van der Waals surface area (Å²) in [6.07, 6.45) is 4.56. The maximum Gasteiger partial charge on any atom is 0.226 e. The minimum Gasteiger partial charge on any atom is -0.313 e. The van der Waals surface area contributed by atoms with Crippen molar-refractivity contribution in [1.29, 1.82) is 0 Å². The SMILES string of the molecule is CCC(=O)N(C)c1ccc(-c2ccc(C(=O)CCc3cccnc3C)cn2)c(C)c1F. The summed E-state index contributed by atoms with van der Waals surface area (Å²) >= 11 is 0. The van der Waals surface area contributed by atoms with E-state index in [2.05, 4.69) is 9.97 Å². The van der Waals surface area contributed by atoms with E-state index in [4.69, 9.17) is 0 Å². The highest BCUT2D eigenvalue weighted by molar-refractivity contribution is 5.96. The summed E-state index contributed by atoms with van der Waals surface area (Å²) in [6.45, 7) is 5.33. The maximum absolute atomic E-state index is 14.9. The second kappa shape index (κ2) is 9.60. The van der Waals surface area contributed by atoms with Gasteiger partial charge in [-0.25, -0.2) is 4.39 Å². The molecule has 1 amide bonds. The number of benzene rings is 1. The molecule has 0 bridgehead atoms. The molecule has 31 heavy (non-hydrogen) atoms. The number of hydrogen-bond acceptors (Lipinski definition) is 4. The molecule has 1 aromatic carbocycles. The Morgan fingerprint density at radius 1 is 1.06 bits per heavy atom. The van der Waals surface area contributed by atoms with Crippen molar-refractivity contribution in [2.75, 3.05) is 11.9 Å². The van der Waals surface area contributed by atoms with Crippen LogP contribution in [0.4, 0.5) is 10.1 Å². The molecular formula is C25H26FN3O2. The van der Waals surface area contributed by atoms with Gasteiger partial charge in [-0.2, -0.15) is 0 Å². The van der Waals surface area contributed by atoms with E-state index in [1.54, 1.807) is 51.4 Å². The number of pyridine rings is 2.